The molecule has 2 unspecified atom stereocenters. The summed E-state index contributed by atoms with van der Waals surface area (Å²) in [6.45, 7) is 1.76. The van der Waals surface area contributed by atoms with Gasteiger partial charge in [-0.05, 0) is 50.2 Å². The zero-order valence-electron chi connectivity index (χ0n) is 12.3. The molecule has 112 valence electrons. The maximum absolute atomic E-state index is 7.91. The molecule has 3 N–H and O–H groups in total. The highest BCUT2D eigenvalue weighted by Gasteiger charge is 2.35. The van der Waals surface area contributed by atoms with Gasteiger partial charge in [0, 0.05) is 18.8 Å². The summed E-state index contributed by atoms with van der Waals surface area (Å²) in [4.78, 5) is 7.19. The molecule has 1 aliphatic carbocycles. The number of nitrogen functional groups attached to an aromatic ring is 1. The molecular weight excluding hydrogens is 264 g/mol. The molecule has 2 atom stereocenters. The molecule has 21 heavy (non-hydrogen) atoms. The van der Waals surface area contributed by atoms with Crippen molar-refractivity contribution in [3.05, 3.63) is 22.9 Å². The van der Waals surface area contributed by atoms with Gasteiger partial charge >= 0.3 is 0 Å². The van der Waals surface area contributed by atoms with E-state index in [4.69, 9.17) is 20.9 Å². The Morgan fingerprint density at radius 2 is 1.95 bits per heavy atom. The monoisotopic (exact) mass is 286 g/mol. The fourth-order valence-corrected chi connectivity index (χ4v) is 3.85. The number of amidine groups is 1. The average molecular weight is 286 g/mol. The van der Waals surface area contributed by atoms with E-state index in [1.165, 1.54) is 24.1 Å². The molecule has 0 saturated carbocycles. The van der Waals surface area contributed by atoms with Gasteiger partial charge < -0.3 is 15.4 Å². The van der Waals surface area contributed by atoms with E-state index in [0.29, 0.717) is 12.2 Å². The maximum atomic E-state index is 7.91. The van der Waals surface area contributed by atoms with E-state index in [0.717, 1.165) is 50.2 Å². The predicted molar refractivity (Wildman–Crippen MR) is 82.0 cm³/mol. The molecule has 1 aromatic rings. The number of anilines is 1. The van der Waals surface area contributed by atoms with Crippen molar-refractivity contribution >= 4 is 11.7 Å². The Balaban J connectivity index is 1.74. The lowest BCUT2D eigenvalue weighted by Crippen LogP contribution is -2.44. The fraction of sp³-hybridized carbons (Fsp3) is 0.625. The van der Waals surface area contributed by atoms with Crippen LogP contribution in [0.2, 0.25) is 0 Å². The van der Waals surface area contributed by atoms with Crippen LogP contribution in [0.25, 0.3) is 0 Å². The largest absolute Gasteiger partial charge is 0.384 e. The van der Waals surface area contributed by atoms with Gasteiger partial charge in [0.1, 0.15) is 11.7 Å². The number of nitrogens with zero attached hydrogens (tertiary/aromatic N) is 2. The van der Waals surface area contributed by atoms with Crippen LogP contribution < -0.4 is 10.6 Å². The number of hydrogen-bond donors (Lipinski definition) is 2. The Bertz CT molecular complexity index is 574. The van der Waals surface area contributed by atoms with Crippen LogP contribution >= 0.6 is 0 Å². The van der Waals surface area contributed by atoms with Gasteiger partial charge in [0.25, 0.3) is 0 Å². The van der Waals surface area contributed by atoms with Gasteiger partial charge in [0.15, 0.2) is 0 Å². The van der Waals surface area contributed by atoms with Crippen molar-refractivity contribution in [1.82, 2.24) is 4.98 Å². The van der Waals surface area contributed by atoms with Gasteiger partial charge in [-0.15, -0.1) is 0 Å². The lowest BCUT2D eigenvalue weighted by atomic mass is 9.94. The zero-order valence-corrected chi connectivity index (χ0v) is 12.3. The third-order valence-electron chi connectivity index (χ3n) is 4.91. The summed E-state index contributed by atoms with van der Waals surface area (Å²) < 4.78 is 5.91. The highest BCUT2D eigenvalue weighted by Crippen LogP contribution is 2.32. The minimum absolute atomic E-state index is 0.129. The molecule has 0 amide bonds. The summed E-state index contributed by atoms with van der Waals surface area (Å²) in [6, 6.07) is 2.11. The van der Waals surface area contributed by atoms with Crippen molar-refractivity contribution in [1.29, 1.82) is 5.41 Å². The fourth-order valence-electron chi connectivity index (χ4n) is 3.85. The summed E-state index contributed by atoms with van der Waals surface area (Å²) in [5, 5.41) is 7.91. The standard InChI is InChI=1S/C16H22N4O/c17-15(18)13-7-10-3-1-2-4-14(10)19-16(13)20-8-11-5-6-12(9-20)21-11/h7,11-12H,1-6,8-9H2,(H3,17,18). The van der Waals surface area contributed by atoms with Crippen molar-refractivity contribution in [2.24, 2.45) is 5.73 Å². The molecule has 2 aliphatic heterocycles. The Morgan fingerprint density at radius 3 is 2.67 bits per heavy atom. The van der Waals surface area contributed by atoms with Crippen LogP contribution in [-0.4, -0.2) is 36.1 Å². The second-order valence-corrected chi connectivity index (χ2v) is 6.45. The summed E-state index contributed by atoms with van der Waals surface area (Å²) in [6.07, 6.45) is 7.47. The van der Waals surface area contributed by atoms with Crippen LogP contribution in [0.4, 0.5) is 5.82 Å². The summed E-state index contributed by atoms with van der Waals surface area (Å²) >= 11 is 0. The van der Waals surface area contributed by atoms with Crippen molar-refractivity contribution in [2.45, 2.75) is 50.7 Å². The van der Waals surface area contributed by atoms with Gasteiger partial charge in [0.2, 0.25) is 0 Å². The number of nitrogens with two attached hydrogens (primary N) is 1. The van der Waals surface area contributed by atoms with Crippen molar-refractivity contribution in [3.8, 4) is 0 Å². The maximum Gasteiger partial charge on any atom is 0.140 e. The lowest BCUT2D eigenvalue weighted by molar-refractivity contribution is 0.0302. The van der Waals surface area contributed by atoms with Crippen LogP contribution in [0.15, 0.2) is 6.07 Å². The van der Waals surface area contributed by atoms with Crippen molar-refractivity contribution in [3.63, 3.8) is 0 Å². The minimum Gasteiger partial charge on any atom is -0.384 e. The number of rotatable bonds is 2. The Labute approximate surface area is 125 Å². The SMILES string of the molecule is N=C(N)c1cc2c(nc1N1CC3CCC(C1)O3)CCCC2. The van der Waals surface area contributed by atoms with Crippen molar-refractivity contribution in [2.75, 3.05) is 18.0 Å². The van der Waals surface area contributed by atoms with E-state index in [1.54, 1.807) is 0 Å². The van der Waals surface area contributed by atoms with Gasteiger partial charge in [-0.25, -0.2) is 4.98 Å². The van der Waals surface area contributed by atoms with Crippen LogP contribution in [0, 0.1) is 5.41 Å². The molecule has 3 heterocycles. The first-order chi connectivity index (χ1) is 10.2. The Kier molecular flexibility index (Phi) is 3.10. The number of hydrogen-bond acceptors (Lipinski definition) is 4. The number of nitrogens with one attached hydrogen (secondary N) is 1. The predicted octanol–water partition coefficient (Wildman–Crippen LogP) is 1.61. The molecule has 0 radical (unpaired) electrons. The van der Waals surface area contributed by atoms with E-state index >= 15 is 0 Å². The Morgan fingerprint density at radius 1 is 1.24 bits per heavy atom. The summed E-state index contributed by atoms with van der Waals surface area (Å²) in [7, 11) is 0. The molecule has 3 aliphatic rings. The lowest BCUT2D eigenvalue weighted by Gasteiger charge is -2.34. The third-order valence-corrected chi connectivity index (χ3v) is 4.91. The van der Waals surface area contributed by atoms with E-state index in [-0.39, 0.29) is 5.84 Å². The second kappa shape index (κ2) is 4.98. The molecule has 5 nitrogen and oxygen atoms in total. The summed E-state index contributed by atoms with van der Waals surface area (Å²) in [5.41, 5.74) is 9.12. The smallest absolute Gasteiger partial charge is 0.140 e. The highest BCUT2D eigenvalue weighted by atomic mass is 16.5. The van der Waals surface area contributed by atoms with Crippen LogP contribution in [0.1, 0.15) is 42.5 Å². The molecule has 2 fully saturated rings. The van der Waals surface area contributed by atoms with Gasteiger partial charge in [-0.1, -0.05) is 0 Å². The highest BCUT2D eigenvalue weighted by molar-refractivity contribution is 6.00. The molecule has 0 spiro atoms. The molecule has 5 heteroatoms. The number of ether oxygens (including phenoxy) is 1. The number of aromatic nitrogens is 1. The van der Waals surface area contributed by atoms with E-state index in [2.05, 4.69) is 11.0 Å². The van der Waals surface area contributed by atoms with Crippen LogP contribution in [0.5, 0.6) is 0 Å². The topological polar surface area (TPSA) is 75.2 Å². The first-order valence-electron chi connectivity index (χ1n) is 7.98. The normalized spacial score (nSPS) is 27.5. The molecule has 1 aromatic heterocycles. The van der Waals surface area contributed by atoms with Crippen LogP contribution in [-0.2, 0) is 17.6 Å². The molecule has 4 rings (SSSR count). The minimum atomic E-state index is 0.129. The molecule has 0 aromatic carbocycles. The average Bonchev–Trinajstić information content (AvgIpc) is 2.84. The van der Waals surface area contributed by atoms with E-state index in [1.807, 2.05) is 0 Å². The zero-order chi connectivity index (χ0) is 14.4. The van der Waals surface area contributed by atoms with Gasteiger partial charge in [0.05, 0.1) is 17.8 Å². The number of aryl methyl sites for hydroxylation is 2. The number of morpholine rings is 1. The van der Waals surface area contributed by atoms with Crippen molar-refractivity contribution < 1.29 is 4.74 Å². The van der Waals surface area contributed by atoms with E-state index in [9.17, 15) is 0 Å². The first kappa shape index (κ1) is 13.1. The first-order valence-corrected chi connectivity index (χ1v) is 7.98. The van der Waals surface area contributed by atoms with Crippen LogP contribution in [0.3, 0.4) is 0 Å². The van der Waals surface area contributed by atoms with Gasteiger partial charge in [-0.2, -0.15) is 0 Å². The van der Waals surface area contributed by atoms with E-state index < -0.39 is 0 Å². The number of pyridine rings is 1. The third kappa shape index (κ3) is 2.29. The number of fused-ring (bicyclic) bond motifs is 3. The summed E-state index contributed by atoms with van der Waals surface area (Å²) in [5.74, 6) is 1.04. The second-order valence-electron chi connectivity index (χ2n) is 6.45. The molecular formula is C16H22N4O. The molecule has 2 bridgehead atoms. The Hall–Kier alpha value is -1.62. The van der Waals surface area contributed by atoms with Gasteiger partial charge in [-0.3, -0.25) is 5.41 Å². The quantitative estimate of drug-likeness (QED) is 0.640. The molecule has 2 saturated heterocycles.